The number of benzene rings is 2. The van der Waals surface area contributed by atoms with Crippen LogP contribution in [0.3, 0.4) is 0 Å². The first-order chi connectivity index (χ1) is 12.6. The summed E-state index contributed by atoms with van der Waals surface area (Å²) in [6, 6.07) is 19.3. The lowest BCUT2D eigenvalue weighted by atomic mass is 10.1. The molecule has 2 aromatic carbocycles. The Hall–Kier alpha value is -3.67. The average Bonchev–Trinajstić information content (AvgIpc) is 3.22. The highest BCUT2D eigenvalue weighted by atomic mass is 16.7. The van der Waals surface area contributed by atoms with E-state index in [0.717, 1.165) is 5.56 Å². The molecule has 1 aromatic heterocycles. The largest absolute Gasteiger partial charge is 0.380 e. The SMILES string of the molecule is O=C(ON1C(=O)c2ccccc2C1=O)c1cccn1Cc1ccccc1. The summed E-state index contributed by atoms with van der Waals surface area (Å²) in [6.45, 7) is 0.473. The van der Waals surface area contributed by atoms with Crippen molar-refractivity contribution in [2.45, 2.75) is 6.54 Å². The molecule has 26 heavy (non-hydrogen) atoms. The van der Waals surface area contributed by atoms with E-state index in [0.29, 0.717) is 11.6 Å². The molecule has 6 nitrogen and oxygen atoms in total. The van der Waals surface area contributed by atoms with E-state index in [9.17, 15) is 14.4 Å². The van der Waals surface area contributed by atoms with Crippen molar-refractivity contribution in [1.82, 2.24) is 9.63 Å². The number of hydrogen-bond donors (Lipinski definition) is 0. The summed E-state index contributed by atoms with van der Waals surface area (Å²) >= 11 is 0. The number of fused-ring (bicyclic) bond motifs is 1. The second kappa shape index (κ2) is 6.33. The van der Waals surface area contributed by atoms with Crippen LogP contribution in [-0.2, 0) is 11.4 Å². The van der Waals surface area contributed by atoms with Crippen LogP contribution in [0.25, 0.3) is 0 Å². The molecule has 0 unspecified atom stereocenters. The van der Waals surface area contributed by atoms with E-state index in [1.54, 1.807) is 35.0 Å². The van der Waals surface area contributed by atoms with Gasteiger partial charge in [0, 0.05) is 12.7 Å². The highest BCUT2D eigenvalue weighted by molar-refractivity contribution is 6.21. The van der Waals surface area contributed by atoms with Crippen molar-refractivity contribution in [2.75, 3.05) is 0 Å². The normalized spacial score (nSPS) is 13.0. The van der Waals surface area contributed by atoms with E-state index in [-0.39, 0.29) is 16.8 Å². The summed E-state index contributed by atoms with van der Waals surface area (Å²) in [5, 5.41) is 0.521. The maximum atomic E-state index is 12.5. The minimum absolute atomic E-state index is 0.227. The molecule has 2 heterocycles. The highest BCUT2D eigenvalue weighted by Crippen LogP contribution is 2.23. The number of carbonyl (C=O) groups is 3. The molecule has 0 saturated carbocycles. The van der Waals surface area contributed by atoms with Crippen LogP contribution in [0.5, 0.6) is 0 Å². The van der Waals surface area contributed by atoms with E-state index < -0.39 is 17.8 Å². The predicted octanol–water partition coefficient (Wildman–Crippen LogP) is 2.90. The molecule has 0 aliphatic carbocycles. The molecule has 6 heteroatoms. The molecule has 1 aliphatic rings. The zero-order chi connectivity index (χ0) is 18.1. The first kappa shape index (κ1) is 15.8. The van der Waals surface area contributed by atoms with E-state index in [2.05, 4.69) is 0 Å². The van der Waals surface area contributed by atoms with Crippen molar-refractivity contribution in [1.29, 1.82) is 0 Å². The summed E-state index contributed by atoms with van der Waals surface area (Å²) in [7, 11) is 0. The Morgan fingerprint density at radius 1 is 0.808 bits per heavy atom. The highest BCUT2D eigenvalue weighted by Gasteiger charge is 2.39. The molecule has 4 rings (SSSR count). The Bertz CT molecular complexity index is 972. The fourth-order valence-electron chi connectivity index (χ4n) is 2.90. The minimum atomic E-state index is -0.763. The number of hydroxylamine groups is 2. The lowest BCUT2D eigenvalue weighted by molar-refractivity contribution is -0.0591. The maximum Gasteiger partial charge on any atom is 0.380 e. The van der Waals surface area contributed by atoms with E-state index in [1.165, 1.54) is 12.1 Å². The number of aromatic nitrogens is 1. The van der Waals surface area contributed by atoms with Gasteiger partial charge < -0.3 is 9.40 Å². The summed E-state index contributed by atoms with van der Waals surface area (Å²) in [5.74, 6) is -2.04. The first-order valence-electron chi connectivity index (χ1n) is 8.04. The second-order valence-electron chi connectivity index (χ2n) is 5.84. The van der Waals surface area contributed by atoms with Crippen molar-refractivity contribution in [2.24, 2.45) is 0 Å². The van der Waals surface area contributed by atoms with Crippen molar-refractivity contribution < 1.29 is 19.2 Å². The molecule has 1 aliphatic heterocycles. The van der Waals surface area contributed by atoms with Crippen molar-refractivity contribution in [3.8, 4) is 0 Å². The fraction of sp³-hybridized carbons (Fsp3) is 0.0500. The van der Waals surface area contributed by atoms with Crippen molar-refractivity contribution >= 4 is 17.8 Å². The van der Waals surface area contributed by atoms with Crippen LogP contribution in [0.1, 0.15) is 36.8 Å². The first-order valence-corrected chi connectivity index (χ1v) is 8.04. The quantitative estimate of drug-likeness (QED) is 0.681. The zero-order valence-electron chi connectivity index (χ0n) is 13.7. The van der Waals surface area contributed by atoms with Crippen molar-refractivity contribution in [3.05, 3.63) is 95.3 Å². The number of carbonyl (C=O) groups excluding carboxylic acids is 3. The molecule has 0 bridgehead atoms. The Morgan fingerprint density at radius 2 is 1.42 bits per heavy atom. The van der Waals surface area contributed by atoms with Gasteiger partial charge in [0.25, 0.3) is 11.8 Å². The van der Waals surface area contributed by atoms with Gasteiger partial charge in [-0.1, -0.05) is 47.5 Å². The van der Waals surface area contributed by atoms with Crippen LogP contribution in [0.15, 0.2) is 72.9 Å². The molecule has 0 saturated heterocycles. The molecule has 0 fully saturated rings. The number of nitrogens with zero attached hydrogens (tertiary/aromatic N) is 2. The Kier molecular flexibility index (Phi) is 3.85. The fourth-order valence-corrected chi connectivity index (χ4v) is 2.90. The smallest absolute Gasteiger partial charge is 0.338 e. The van der Waals surface area contributed by atoms with Gasteiger partial charge in [0.05, 0.1) is 11.1 Å². The molecular weight excluding hydrogens is 332 g/mol. The van der Waals surface area contributed by atoms with Crippen molar-refractivity contribution in [3.63, 3.8) is 0 Å². The molecule has 0 atom stereocenters. The van der Waals surface area contributed by atoms with E-state index in [4.69, 9.17) is 4.84 Å². The summed E-state index contributed by atoms with van der Waals surface area (Å²) in [6.07, 6.45) is 1.74. The molecule has 0 N–H and O–H groups in total. The molecule has 3 aromatic rings. The number of rotatable bonds is 4. The third-order valence-corrected chi connectivity index (χ3v) is 4.17. The number of hydrogen-bond acceptors (Lipinski definition) is 4. The van der Waals surface area contributed by atoms with Gasteiger partial charge in [0.1, 0.15) is 5.69 Å². The maximum absolute atomic E-state index is 12.5. The minimum Gasteiger partial charge on any atom is -0.338 e. The second-order valence-corrected chi connectivity index (χ2v) is 5.84. The summed E-state index contributed by atoms with van der Waals surface area (Å²) in [5.41, 5.74) is 1.72. The molecule has 0 radical (unpaired) electrons. The lowest BCUT2D eigenvalue weighted by Crippen LogP contribution is -2.33. The van der Waals surface area contributed by atoms with Gasteiger partial charge in [-0.2, -0.15) is 0 Å². The monoisotopic (exact) mass is 346 g/mol. The van der Waals surface area contributed by atoms with Gasteiger partial charge in [-0.15, -0.1) is 0 Å². The third-order valence-electron chi connectivity index (χ3n) is 4.17. The zero-order valence-corrected chi connectivity index (χ0v) is 13.7. The van der Waals surface area contributed by atoms with Gasteiger partial charge in [0.2, 0.25) is 0 Å². The van der Waals surface area contributed by atoms with Crippen LogP contribution in [0.4, 0.5) is 0 Å². The predicted molar refractivity (Wildman–Crippen MR) is 92.3 cm³/mol. The van der Waals surface area contributed by atoms with E-state index >= 15 is 0 Å². The van der Waals surface area contributed by atoms with Crippen LogP contribution in [0, 0.1) is 0 Å². The third kappa shape index (κ3) is 2.67. The van der Waals surface area contributed by atoms with Gasteiger partial charge >= 0.3 is 5.97 Å². The van der Waals surface area contributed by atoms with Crippen LogP contribution in [0.2, 0.25) is 0 Å². The van der Waals surface area contributed by atoms with Gasteiger partial charge in [-0.25, -0.2) is 4.79 Å². The molecule has 0 spiro atoms. The topological polar surface area (TPSA) is 68.6 Å². The average molecular weight is 346 g/mol. The van der Waals surface area contributed by atoms with Gasteiger partial charge in [-0.3, -0.25) is 9.59 Å². The number of imide groups is 1. The Labute approximate surface area is 149 Å². The molecule has 2 amide bonds. The molecule has 128 valence electrons. The lowest BCUT2D eigenvalue weighted by Gasteiger charge is -2.14. The van der Waals surface area contributed by atoms with Crippen LogP contribution < -0.4 is 0 Å². The van der Waals surface area contributed by atoms with E-state index in [1.807, 2.05) is 30.3 Å². The summed E-state index contributed by atoms with van der Waals surface area (Å²) < 4.78 is 1.70. The molecular formula is C20H14N2O4. The number of amides is 2. The standard InChI is InChI=1S/C20H14N2O4/c23-18-15-9-4-5-10-16(15)19(24)22(18)26-20(25)17-11-6-12-21(17)13-14-7-2-1-3-8-14/h1-12H,13H2. The van der Waals surface area contributed by atoms with Gasteiger partial charge in [0.15, 0.2) is 0 Å². The van der Waals surface area contributed by atoms with Crippen LogP contribution >= 0.6 is 0 Å². The Morgan fingerprint density at radius 3 is 2.08 bits per heavy atom. The van der Waals surface area contributed by atoms with Crippen LogP contribution in [-0.4, -0.2) is 27.4 Å². The summed E-state index contributed by atoms with van der Waals surface area (Å²) in [4.78, 5) is 42.3. The Balaban J connectivity index is 1.54. The van der Waals surface area contributed by atoms with Gasteiger partial charge in [-0.05, 0) is 29.8 Å².